The maximum Gasteiger partial charge on any atom is 0.416 e. The fourth-order valence-corrected chi connectivity index (χ4v) is 2.86. The van der Waals surface area contributed by atoms with E-state index in [1.54, 1.807) is 36.1 Å². The highest BCUT2D eigenvalue weighted by atomic mass is 19.4. The highest BCUT2D eigenvalue weighted by molar-refractivity contribution is 5.97. The molecule has 1 heterocycles. The molecule has 3 amide bonds. The van der Waals surface area contributed by atoms with Gasteiger partial charge in [0, 0.05) is 24.3 Å². The van der Waals surface area contributed by atoms with Gasteiger partial charge < -0.3 is 10.6 Å². The Morgan fingerprint density at radius 3 is 2.48 bits per heavy atom. The molecule has 0 radical (unpaired) electrons. The van der Waals surface area contributed by atoms with Gasteiger partial charge in [-0.3, -0.25) is 9.69 Å². The van der Waals surface area contributed by atoms with Crippen LogP contribution in [0.1, 0.15) is 34.5 Å². The molecule has 2 N–H and O–H groups in total. The molecule has 3 rings (SSSR count). The van der Waals surface area contributed by atoms with E-state index in [4.69, 9.17) is 0 Å². The van der Waals surface area contributed by atoms with Crippen molar-refractivity contribution in [2.24, 2.45) is 0 Å². The third kappa shape index (κ3) is 4.21. The first-order chi connectivity index (χ1) is 12.8. The van der Waals surface area contributed by atoms with E-state index >= 15 is 0 Å². The van der Waals surface area contributed by atoms with Gasteiger partial charge in [-0.05, 0) is 48.9 Å². The summed E-state index contributed by atoms with van der Waals surface area (Å²) in [7, 11) is 0. The van der Waals surface area contributed by atoms with E-state index in [1.807, 2.05) is 0 Å². The van der Waals surface area contributed by atoms with Gasteiger partial charge in [0.25, 0.3) is 5.91 Å². The van der Waals surface area contributed by atoms with E-state index in [0.29, 0.717) is 29.9 Å². The molecule has 0 bridgehead atoms. The van der Waals surface area contributed by atoms with E-state index in [-0.39, 0.29) is 6.03 Å². The zero-order valence-electron chi connectivity index (χ0n) is 14.5. The van der Waals surface area contributed by atoms with Crippen LogP contribution in [0.2, 0.25) is 0 Å². The molecule has 2 aromatic rings. The maximum atomic E-state index is 12.8. The number of benzene rings is 2. The van der Waals surface area contributed by atoms with Crippen LogP contribution in [0.5, 0.6) is 0 Å². The Morgan fingerprint density at radius 1 is 1.19 bits per heavy atom. The summed E-state index contributed by atoms with van der Waals surface area (Å²) in [6.45, 7) is 2.74. The molecule has 1 atom stereocenters. The number of hydrogen-bond acceptors (Lipinski definition) is 2. The zero-order chi connectivity index (χ0) is 19.6. The zero-order valence-corrected chi connectivity index (χ0v) is 14.5. The monoisotopic (exact) mass is 377 g/mol. The summed E-state index contributed by atoms with van der Waals surface area (Å²) < 4.78 is 38.5. The van der Waals surface area contributed by atoms with Crippen molar-refractivity contribution in [2.45, 2.75) is 19.1 Å². The standard InChI is InChI=1S/C19H18F3N3O2/c1-12(14-3-2-4-15(11-14)19(20,21)22)24-17(26)13-5-7-16(8-6-13)25-10-9-23-18(25)27/h2-8,11-12H,9-10H2,1H3,(H,23,27)(H,24,26). The molecule has 1 aliphatic rings. The third-order valence-electron chi connectivity index (χ3n) is 4.36. The van der Waals surface area contributed by atoms with Crippen LogP contribution in [0.25, 0.3) is 0 Å². The third-order valence-corrected chi connectivity index (χ3v) is 4.36. The van der Waals surface area contributed by atoms with Crippen LogP contribution in [-0.2, 0) is 6.18 Å². The van der Waals surface area contributed by atoms with E-state index < -0.39 is 23.7 Å². The number of halogens is 3. The molecular weight excluding hydrogens is 359 g/mol. The predicted molar refractivity (Wildman–Crippen MR) is 94.5 cm³/mol. The largest absolute Gasteiger partial charge is 0.416 e. The van der Waals surface area contributed by atoms with Gasteiger partial charge in [-0.2, -0.15) is 13.2 Å². The second kappa shape index (κ2) is 7.30. The molecule has 1 unspecified atom stereocenters. The summed E-state index contributed by atoms with van der Waals surface area (Å²) in [5.74, 6) is -0.405. The molecule has 1 fully saturated rings. The van der Waals surface area contributed by atoms with Crippen LogP contribution < -0.4 is 15.5 Å². The maximum absolute atomic E-state index is 12.8. The molecule has 2 aromatic carbocycles. The summed E-state index contributed by atoms with van der Waals surface area (Å²) in [6, 6.07) is 10.6. The van der Waals surface area contributed by atoms with Gasteiger partial charge in [-0.15, -0.1) is 0 Å². The number of anilines is 1. The van der Waals surface area contributed by atoms with Crippen LogP contribution in [0.15, 0.2) is 48.5 Å². The first-order valence-electron chi connectivity index (χ1n) is 8.39. The number of amides is 3. The molecule has 142 valence electrons. The minimum atomic E-state index is -4.43. The fraction of sp³-hybridized carbons (Fsp3) is 0.263. The molecule has 1 saturated heterocycles. The minimum Gasteiger partial charge on any atom is -0.346 e. The lowest BCUT2D eigenvalue weighted by molar-refractivity contribution is -0.137. The van der Waals surface area contributed by atoms with E-state index in [0.717, 1.165) is 12.1 Å². The van der Waals surface area contributed by atoms with Crippen molar-refractivity contribution >= 4 is 17.6 Å². The van der Waals surface area contributed by atoms with E-state index in [1.165, 1.54) is 12.1 Å². The summed E-state index contributed by atoms with van der Waals surface area (Å²) in [5.41, 5.74) is 0.641. The molecule has 0 saturated carbocycles. The van der Waals surface area contributed by atoms with Crippen LogP contribution in [0, 0.1) is 0 Å². The Labute approximate surface area is 154 Å². The van der Waals surface area contributed by atoms with Gasteiger partial charge in [0.15, 0.2) is 0 Å². The number of nitrogens with zero attached hydrogens (tertiary/aromatic N) is 1. The Morgan fingerprint density at radius 2 is 1.89 bits per heavy atom. The van der Waals surface area contributed by atoms with Crippen molar-refractivity contribution in [1.29, 1.82) is 0 Å². The number of rotatable bonds is 4. The first kappa shape index (κ1) is 18.8. The number of nitrogens with one attached hydrogen (secondary N) is 2. The quantitative estimate of drug-likeness (QED) is 0.853. The molecular formula is C19H18F3N3O2. The average Bonchev–Trinajstić information content (AvgIpc) is 3.07. The summed E-state index contributed by atoms with van der Waals surface area (Å²) in [6.07, 6.45) is -4.43. The predicted octanol–water partition coefficient (Wildman–Crippen LogP) is 3.73. The average molecular weight is 377 g/mol. The van der Waals surface area contributed by atoms with Crippen molar-refractivity contribution in [1.82, 2.24) is 10.6 Å². The molecule has 5 nitrogen and oxygen atoms in total. The van der Waals surface area contributed by atoms with Crippen molar-refractivity contribution in [3.63, 3.8) is 0 Å². The van der Waals surface area contributed by atoms with Gasteiger partial charge in [0.1, 0.15) is 0 Å². The lowest BCUT2D eigenvalue weighted by Crippen LogP contribution is -2.28. The number of carbonyl (C=O) groups is 2. The smallest absolute Gasteiger partial charge is 0.346 e. The molecule has 8 heteroatoms. The Balaban J connectivity index is 1.69. The van der Waals surface area contributed by atoms with Gasteiger partial charge >= 0.3 is 12.2 Å². The van der Waals surface area contributed by atoms with Crippen LogP contribution in [0.3, 0.4) is 0 Å². The SMILES string of the molecule is CC(NC(=O)c1ccc(N2CCNC2=O)cc1)c1cccc(C(F)(F)F)c1. The van der Waals surface area contributed by atoms with Crippen molar-refractivity contribution in [3.8, 4) is 0 Å². The molecule has 0 aromatic heterocycles. The van der Waals surface area contributed by atoms with Gasteiger partial charge in [0.05, 0.1) is 11.6 Å². The second-order valence-corrected chi connectivity index (χ2v) is 6.25. The first-order valence-corrected chi connectivity index (χ1v) is 8.39. The van der Waals surface area contributed by atoms with Crippen LogP contribution >= 0.6 is 0 Å². The number of hydrogen-bond donors (Lipinski definition) is 2. The molecule has 0 aliphatic carbocycles. The number of carbonyl (C=O) groups excluding carboxylic acids is 2. The molecule has 1 aliphatic heterocycles. The number of alkyl halides is 3. The van der Waals surface area contributed by atoms with E-state index in [2.05, 4.69) is 10.6 Å². The van der Waals surface area contributed by atoms with Crippen molar-refractivity contribution < 1.29 is 22.8 Å². The minimum absolute atomic E-state index is 0.189. The molecule has 0 spiro atoms. The van der Waals surface area contributed by atoms with Crippen LogP contribution in [0.4, 0.5) is 23.7 Å². The highest BCUT2D eigenvalue weighted by Gasteiger charge is 2.30. The topological polar surface area (TPSA) is 61.4 Å². The van der Waals surface area contributed by atoms with Gasteiger partial charge in [-0.1, -0.05) is 12.1 Å². The Kier molecular flexibility index (Phi) is 5.07. The number of urea groups is 1. The highest BCUT2D eigenvalue weighted by Crippen LogP contribution is 2.30. The summed E-state index contributed by atoms with van der Waals surface area (Å²) in [4.78, 5) is 25.6. The lowest BCUT2D eigenvalue weighted by atomic mass is 10.0. The summed E-state index contributed by atoms with van der Waals surface area (Å²) in [5, 5.41) is 5.38. The summed E-state index contributed by atoms with van der Waals surface area (Å²) >= 11 is 0. The van der Waals surface area contributed by atoms with E-state index in [9.17, 15) is 22.8 Å². The fourth-order valence-electron chi connectivity index (χ4n) is 2.86. The van der Waals surface area contributed by atoms with Gasteiger partial charge in [0.2, 0.25) is 0 Å². The lowest BCUT2D eigenvalue weighted by Gasteiger charge is -2.17. The second-order valence-electron chi connectivity index (χ2n) is 6.25. The Bertz CT molecular complexity index is 850. The van der Waals surface area contributed by atoms with Crippen molar-refractivity contribution in [3.05, 3.63) is 65.2 Å². The van der Waals surface area contributed by atoms with Gasteiger partial charge in [-0.25, -0.2) is 4.79 Å². The Hall–Kier alpha value is -3.03. The van der Waals surface area contributed by atoms with Crippen LogP contribution in [-0.4, -0.2) is 25.0 Å². The molecule has 27 heavy (non-hydrogen) atoms. The van der Waals surface area contributed by atoms with Crippen molar-refractivity contribution in [2.75, 3.05) is 18.0 Å². The normalized spacial score (nSPS) is 15.4.